The van der Waals surface area contributed by atoms with Gasteiger partial charge in [-0.25, -0.2) is 4.39 Å². The van der Waals surface area contributed by atoms with Crippen LogP contribution in [-0.4, -0.2) is 0 Å². The van der Waals surface area contributed by atoms with E-state index in [4.69, 9.17) is 11.6 Å². The Morgan fingerprint density at radius 2 is 1.79 bits per heavy atom. The minimum atomic E-state index is -0.305. The summed E-state index contributed by atoms with van der Waals surface area (Å²) >= 11 is 6.21. The third-order valence-electron chi connectivity index (χ3n) is 4.92. The molecule has 2 heteroatoms. The summed E-state index contributed by atoms with van der Waals surface area (Å²) in [6.45, 7) is 4.37. The Bertz CT molecular complexity index is 743. The summed E-state index contributed by atoms with van der Waals surface area (Å²) < 4.78 is 14.6. The van der Waals surface area contributed by atoms with Crippen molar-refractivity contribution in [2.45, 2.75) is 46.0 Å². The third kappa shape index (κ3) is 3.57. The van der Waals surface area contributed by atoms with Gasteiger partial charge in [-0.2, -0.15) is 0 Å². The second-order valence-electron chi connectivity index (χ2n) is 6.84. The van der Waals surface area contributed by atoms with Gasteiger partial charge in [0.2, 0.25) is 0 Å². The van der Waals surface area contributed by atoms with Crippen molar-refractivity contribution < 1.29 is 4.39 Å². The first-order valence-corrected chi connectivity index (χ1v) is 9.24. The fraction of sp³-hybridized carbons (Fsp3) is 0.364. The van der Waals surface area contributed by atoms with Crippen molar-refractivity contribution in [1.29, 1.82) is 0 Å². The maximum Gasteiger partial charge on any atom is 0.149 e. The molecule has 0 spiro atoms. The largest absolute Gasteiger partial charge is 0.205 e. The number of halogens is 2. The van der Waals surface area contributed by atoms with Gasteiger partial charge >= 0.3 is 0 Å². The van der Waals surface area contributed by atoms with Crippen molar-refractivity contribution in [2.24, 2.45) is 5.92 Å². The Morgan fingerprint density at radius 3 is 2.42 bits per heavy atom. The van der Waals surface area contributed by atoms with Gasteiger partial charge in [0.1, 0.15) is 5.82 Å². The lowest BCUT2D eigenvalue weighted by atomic mass is 9.87. The molecule has 0 fully saturated rings. The lowest BCUT2D eigenvalue weighted by Crippen LogP contribution is -2.00. The number of allylic oxidation sites excluding steroid dienone is 2. The molecule has 2 aromatic carbocycles. The van der Waals surface area contributed by atoms with Gasteiger partial charge in [0, 0.05) is 5.56 Å². The first-order valence-electron chi connectivity index (χ1n) is 8.86. The number of hydrogen-bond acceptors (Lipinski definition) is 0. The topological polar surface area (TPSA) is 0 Å². The standard InChI is InChI=1S/C22H24ClF/c1-3-4-19-13-14-20(22(24)21(19)23)18-11-9-17(10-12-18)16-7-5-15(2)6-8-16/h7,9-15H,3-6,8H2,1-2H3. The van der Waals surface area contributed by atoms with Crippen molar-refractivity contribution in [3.63, 3.8) is 0 Å². The predicted octanol–water partition coefficient (Wildman–Crippen LogP) is 7.30. The summed E-state index contributed by atoms with van der Waals surface area (Å²) in [7, 11) is 0. The number of aryl methyl sites for hydroxylation is 1. The summed E-state index contributed by atoms with van der Waals surface area (Å²) in [5, 5.41) is 0.266. The van der Waals surface area contributed by atoms with Crippen LogP contribution in [0.2, 0.25) is 5.02 Å². The quantitative estimate of drug-likeness (QED) is 0.546. The molecule has 24 heavy (non-hydrogen) atoms. The maximum atomic E-state index is 14.6. The minimum Gasteiger partial charge on any atom is -0.205 e. The van der Waals surface area contributed by atoms with E-state index in [0.29, 0.717) is 5.56 Å². The van der Waals surface area contributed by atoms with Crippen molar-refractivity contribution in [2.75, 3.05) is 0 Å². The van der Waals surface area contributed by atoms with Gasteiger partial charge in [0.25, 0.3) is 0 Å². The molecule has 1 aliphatic carbocycles. The summed E-state index contributed by atoms with van der Waals surface area (Å²) in [5.41, 5.74) is 5.01. The summed E-state index contributed by atoms with van der Waals surface area (Å²) in [5.74, 6) is 0.479. The fourth-order valence-corrected chi connectivity index (χ4v) is 3.63. The molecule has 0 bridgehead atoms. The third-order valence-corrected chi connectivity index (χ3v) is 5.33. The Hall–Kier alpha value is -1.60. The number of rotatable bonds is 4. The molecule has 0 saturated carbocycles. The van der Waals surface area contributed by atoms with Gasteiger partial charge in [-0.15, -0.1) is 0 Å². The second-order valence-corrected chi connectivity index (χ2v) is 7.21. The van der Waals surface area contributed by atoms with Crippen molar-refractivity contribution in [3.8, 4) is 11.1 Å². The van der Waals surface area contributed by atoms with E-state index in [2.05, 4.69) is 32.1 Å². The van der Waals surface area contributed by atoms with Crippen LogP contribution in [-0.2, 0) is 6.42 Å². The Balaban J connectivity index is 1.87. The zero-order chi connectivity index (χ0) is 17.1. The summed E-state index contributed by atoms with van der Waals surface area (Å²) in [6.07, 6.45) is 7.64. The smallest absolute Gasteiger partial charge is 0.149 e. The van der Waals surface area contributed by atoms with Gasteiger partial charge in [0.05, 0.1) is 5.02 Å². The molecule has 0 amide bonds. The molecular weight excluding hydrogens is 319 g/mol. The molecule has 0 heterocycles. The Morgan fingerprint density at radius 1 is 1.08 bits per heavy atom. The van der Waals surface area contributed by atoms with Crippen LogP contribution in [0.15, 0.2) is 42.5 Å². The Kier molecular flexibility index (Phi) is 5.40. The van der Waals surface area contributed by atoms with Gasteiger partial charge in [-0.3, -0.25) is 0 Å². The van der Waals surface area contributed by atoms with E-state index in [1.807, 2.05) is 24.3 Å². The molecule has 126 valence electrons. The lowest BCUT2D eigenvalue weighted by Gasteiger charge is -2.18. The van der Waals surface area contributed by atoms with Crippen LogP contribution in [0.4, 0.5) is 4.39 Å². The fourth-order valence-electron chi connectivity index (χ4n) is 3.37. The minimum absolute atomic E-state index is 0.266. The molecule has 0 aromatic heterocycles. The molecule has 1 atom stereocenters. The van der Waals surface area contributed by atoms with E-state index in [9.17, 15) is 4.39 Å². The van der Waals surface area contributed by atoms with Crippen molar-refractivity contribution in [3.05, 3.63) is 64.4 Å². The van der Waals surface area contributed by atoms with E-state index >= 15 is 0 Å². The highest BCUT2D eigenvalue weighted by molar-refractivity contribution is 6.31. The maximum absolute atomic E-state index is 14.6. The lowest BCUT2D eigenvalue weighted by molar-refractivity contribution is 0.534. The molecule has 1 unspecified atom stereocenters. The van der Waals surface area contributed by atoms with Gasteiger partial charge in [-0.05, 0) is 53.9 Å². The zero-order valence-corrected chi connectivity index (χ0v) is 15.2. The van der Waals surface area contributed by atoms with Crippen LogP contribution in [0.3, 0.4) is 0 Å². The average Bonchev–Trinajstić information content (AvgIpc) is 2.60. The summed E-state index contributed by atoms with van der Waals surface area (Å²) in [4.78, 5) is 0. The molecule has 3 rings (SSSR count). The summed E-state index contributed by atoms with van der Waals surface area (Å²) in [6, 6.07) is 12.0. The van der Waals surface area contributed by atoms with Crippen LogP contribution in [0.5, 0.6) is 0 Å². The molecule has 0 aliphatic heterocycles. The average molecular weight is 343 g/mol. The zero-order valence-electron chi connectivity index (χ0n) is 14.4. The van der Waals surface area contributed by atoms with Crippen molar-refractivity contribution >= 4 is 17.2 Å². The number of hydrogen-bond donors (Lipinski definition) is 0. The first kappa shape index (κ1) is 17.2. The monoisotopic (exact) mass is 342 g/mol. The second kappa shape index (κ2) is 7.53. The highest BCUT2D eigenvalue weighted by Gasteiger charge is 2.14. The van der Waals surface area contributed by atoms with Crippen LogP contribution in [0.25, 0.3) is 16.7 Å². The molecule has 0 radical (unpaired) electrons. The normalized spacial score (nSPS) is 17.7. The van der Waals surface area contributed by atoms with Crippen LogP contribution < -0.4 is 0 Å². The van der Waals surface area contributed by atoms with E-state index in [-0.39, 0.29) is 10.8 Å². The first-order chi connectivity index (χ1) is 11.6. The van der Waals surface area contributed by atoms with Gasteiger partial charge in [-0.1, -0.05) is 74.3 Å². The molecule has 0 nitrogen and oxygen atoms in total. The van der Waals surface area contributed by atoms with Gasteiger partial charge in [0.15, 0.2) is 0 Å². The molecular formula is C22H24ClF. The molecule has 0 N–H and O–H groups in total. The highest BCUT2D eigenvalue weighted by atomic mass is 35.5. The molecule has 2 aromatic rings. The van der Waals surface area contributed by atoms with Crippen LogP contribution in [0.1, 0.15) is 50.7 Å². The number of benzene rings is 2. The SMILES string of the molecule is CCCc1ccc(-c2ccc(C3=CCC(C)CC3)cc2)c(F)c1Cl. The van der Waals surface area contributed by atoms with E-state index in [1.54, 1.807) is 0 Å². The van der Waals surface area contributed by atoms with E-state index < -0.39 is 0 Å². The van der Waals surface area contributed by atoms with E-state index in [0.717, 1.165) is 42.7 Å². The molecule has 0 saturated heterocycles. The Labute approximate surface area is 149 Å². The van der Waals surface area contributed by atoms with Gasteiger partial charge < -0.3 is 0 Å². The predicted molar refractivity (Wildman–Crippen MR) is 102 cm³/mol. The van der Waals surface area contributed by atoms with E-state index in [1.165, 1.54) is 17.6 Å². The van der Waals surface area contributed by atoms with Crippen molar-refractivity contribution in [1.82, 2.24) is 0 Å². The highest BCUT2D eigenvalue weighted by Crippen LogP contribution is 2.34. The molecule has 1 aliphatic rings. The van der Waals surface area contributed by atoms with Crippen LogP contribution >= 0.6 is 11.6 Å². The van der Waals surface area contributed by atoms with Crippen LogP contribution in [0, 0.1) is 11.7 Å².